The minimum absolute atomic E-state index is 0.141. The van der Waals surface area contributed by atoms with Crippen LogP contribution in [-0.4, -0.2) is 19.4 Å². The van der Waals surface area contributed by atoms with Gasteiger partial charge in [-0.05, 0) is 30.7 Å². The summed E-state index contributed by atoms with van der Waals surface area (Å²) in [5.74, 6) is 0. The lowest BCUT2D eigenvalue weighted by Crippen LogP contribution is -2.38. The number of nitrogens with one attached hydrogen (secondary N) is 1. The van der Waals surface area contributed by atoms with Crippen molar-refractivity contribution >= 4 is 6.29 Å². The molecule has 1 atom stereocenters. The highest BCUT2D eigenvalue weighted by atomic mass is 16.1. The maximum Gasteiger partial charge on any atom is 0.120 e. The summed E-state index contributed by atoms with van der Waals surface area (Å²) in [5, 5.41) is 3.37. The van der Waals surface area contributed by atoms with Gasteiger partial charge >= 0.3 is 0 Å². The predicted molar refractivity (Wildman–Crippen MR) is 66.0 cm³/mol. The smallest absolute Gasteiger partial charge is 0.120 e. The van der Waals surface area contributed by atoms with Crippen LogP contribution in [0.1, 0.15) is 53.9 Å². The number of rotatable bonds is 6. The molecule has 0 radical (unpaired) electrons. The van der Waals surface area contributed by atoms with Gasteiger partial charge in [-0.3, -0.25) is 0 Å². The molecule has 15 heavy (non-hydrogen) atoms. The zero-order valence-corrected chi connectivity index (χ0v) is 11.2. The highest BCUT2D eigenvalue weighted by molar-refractivity contribution is 5.50. The molecule has 0 aliphatic carbocycles. The van der Waals surface area contributed by atoms with Crippen molar-refractivity contribution in [2.45, 2.75) is 59.9 Å². The molecule has 0 heterocycles. The molecule has 2 nitrogen and oxygen atoms in total. The van der Waals surface area contributed by atoms with E-state index < -0.39 is 0 Å². The number of aldehydes is 1. The van der Waals surface area contributed by atoms with Crippen molar-refractivity contribution in [1.29, 1.82) is 0 Å². The van der Waals surface area contributed by atoms with Crippen molar-refractivity contribution in [2.24, 2.45) is 10.8 Å². The van der Waals surface area contributed by atoms with E-state index in [0.717, 1.165) is 19.1 Å². The zero-order chi connectivity index (χ0) is 12.1. The highest BCUT2D eigenvalue weighted by Crippen LogP contribution is 2.30. The van der Waals surface area contributed by atoms with Crippen molar-refractivity contribution < 1.29 is 4.79 Å². The summed E-state index contributed by atoms with van der Waals surface area (Å²) in [5.41, 5.74) is 0.425. The van der Waals surface area contributed by atoms with Crippen molar-refractivity contribution in [1.82, 2.24) is 5.32 Å². The highest BCUT2D eigenvalue weighted by Gasteiger charge is 2.26. The Bertz CT molecular complexity index is 191. The summed E-state index contributed by atoms with van der Waals surface area (Å²) >= 11 is 0. The van der Waals surface area contributed by atoms with Gasteiger partial charge in [0.25, 0.3) is 0 Å². The second-order valence-corrected chi connectivity index (χ2v) is 6.28. The summed E-state index contributed by atoms with van der Waals surface area (Å²) in [6, 6.07) is 0.517. The van der Waals surface area contributed by atoms with Crippen LogP contribution in [0.3, 0.4) is 0 Å². The SMILES string of the molecule is CNC(CCC(C)(C)CC=O)C(C)(C)C. The van der Waals surface area contributed by atoms with Gasteiger partial charge < -0.3 is 10.1 Å². The van der Waals surface area contributed by atoms with Gasteiger partial charge in [0.15, 0.2) is 0 Å². The first kappa shape index (κ1) is 14.6. The van der Waals surface area contributed by atoms with Crippen molar-refractivity contribution in [3.05, 3.63) is 0 Å². The predicted octanol–water partition coefficient (Wildman–Crippen LogP) is 3.02. The topological polar surface area (TPSA) is 29.1 Å². The van der Waals surface area contributed by atoms with Gasteiger partial charge in [0.1, 0.15) is 6.29 Å². The van der Waals surface area contributed by atoms with E-state index in [9.17, 15) is 4.79 Å². The van der Waals surface area contributed by atoms with Gasteiger partial charge in [0, 0.05) is 12.5 Å². The molecule has 0 aromatic heterocycles. The molecule has 0 aromatic rings. The van der Waals surface area contributed by atoms with Crippen LogP contribution in [0.4, 0.5) is 0 Å². The average molecular weight is 213 g/mol. The molecule has 0 aromatic carbocycles. The molecule has 0 bridgehead atoms. The van der Waals surface area contributed by atoms with E-state index in [1.807, 2.05) is 7.05 Å². The molecule has 0 aliphatic rings. The monoisotopic (exact) mass is 213 g/mol. The minimum atomic E-state index is 0.141. The third kappa shape index (κ3) is 5.93. The summed E-state index contributed by atoms with van der Waals surface area (Å²) in [4.78, 5) is 10.5. The van der Waals surface area contributed by atoms with Crippen molar-refractivity contribution in [3.63, 3.8) is 0 Å². The lowest BCUT2D eigenvalue weighted by atomic mass is 9.78. The fraction of sp³-hybridized carbons (Fsp3) is 0.923. The lowest BCUT2D eigenvalue weighted by molar-refractivity contribution is -0.109. The Kier molecular flexibility index (Phi) is 5.50. The molecule has 0 spiro atoms. The normalized spacial score (nSPS) is 15.1. The third-order valence-electron chi connectivity index (χ3n) is 3.14. The minimum Gasteiger partial charge on any atom is -0.316 e. The molecule has 90 valence electrons. The molecule has 0 rings (SSSR count). The van der Waals surface area contributed by atoms with Gasteiger partial charge in [-0.25, -0.2) is 0 Å². The van der Waals surface area contributed by atoms with Crippen LogP contribution in [0.25, 0.3) is 0 Å². The van der Waals surface area contributed by atoms with Gasteiger partial charge in [0.05, 0.1) is 0 Å². The van der Waals surface area contributed by atoms with E-state index in [0.29, 0.717) is 12.5 Å². The van der Waals surface area contributed by atoms with E-state index in [2.05, 4.69) is 39.9 Å². The van der Waals surface area contributed by atoms with Crippen LogP contribution in [0.2, 0.25) is 0 Å². The van der Waals surface area contributed by atoms with Gasteiger partial charge in [-0.15, -0.1) is 0 Å². The standard InChI is InChI=1S/C13H27NO/c1-12(2,3)11(14-6)7-8-13(4,5)9-10-15/h10-11,14H,7-9H2,1-6H3. The fourth-order valence-corrected chi connectivity index (χ4v) is 1.87. The first-order chi connectivity index (χ1) is 6.73. The molecule has 1 N–H and O–H groups in total. The summed E-state index contributed by atoms with van der Waals surface area (Å²) in [7, 11) is 2.02. The van der Waals surface area contributed by atoms with Gasteiger partial charge in [-0.2, -0.15) is 0 Å². The molecule has 0 saturated heterocycles. The summed E-state index contributed by atoms with van der Waals surface area (Å²) in [6.45, 7) is 11.1. The third-order valence-corrected chi connectivity index (χ3v) is 3.14. The van der Waals surface area contributed by atoms with Gasteiger partial charge in [0.2, 0.25) is 0 Å². The van der Waals surface area contributed by atoms with E-state index in [1.54, 1.807) is 0 Å². The van der Waals surface area contributed by atoms with Crippen molar-refractivity contribution in [2.75, 3.05) is 7.05 Å². The van der Waals surface area contributed by atoms with Crippen LogP contribution < -0.4 is 5.32 Å². The Balaban J connectivity index is 4.17. The van der Waals surface area contributed by atoms with E-state index in [-0.39, 0.29) is 10.8 Å². The van der Waals surface area contributed by atoms with E-state index >= 15 is 0 Å². The van der Waals surface area contributed by atoms with Crippen LogP contribution >= 0.6 is 0 Å². The van der Waals surface area contributed by atoms with Crippen LogP contribution in [0.15, 0.2) is 0 Å². The fourth-order valence-electron chi connectivity index (χ4n) is 1.87. The summed E-state index contributed by atoms with van der Waals surface area (Å²) < 4.78 is 0. The number of carbonyl (C=O) groups excluding carboxylic acids is 1. The molecular formula is C13H27NO. The molecule has 0 fully saturated rings. The number of hydrogen-bond donors (Lipinski definition) is 1. The molecule has 0 amide bonds. The van der Waals surface area contributed by atoms with E-state index in [1.165, 1.54) is 0 Å². The molecular weight excluding hydrogens is 186 g/mol. The Morgan fingerprint density at radius 2 is 1.73 bits per heavy atom. The Labute approximate surface area is 94.8 Å². The number of hydrogen-bond acceptors (Lipinski definition) is 2. The molecule has 1 unspecified atom stereocenters. The lowest BCUT2D eigenvalue weighted by Gasteiger charge is -2.33. The second-order valence-electron chi connectivity index (χ2n) is 6.28. The largest absolute Gasteiger partial charge is 0.316 e. The Hall–Kier alpha value is -0.370. The van der Waals surface area contributed by atoms with Gasteiger partial charge in [-0.1, -0.05) is 34.6 Å². The quantitative estimate of drug-likeness (QED) is 0.687. The van der Waals surface area contributed by atoms with Crippen LogP contribution in [0, 0.1) is 10.8 Å². The Morgan fingerprint density at radius 3 is 2.07 bits per heavy atom. The van der Waals surface area contributed by atoms with E-state index in [4.69, 9.17) is 0 Å². The summed E-state index contributed by atoms with van der Waals surface area (Å²) in [6.07, 6.45) is 3.91. The molecule has 0 saturated carbocycles. The molecule has 0 aliphatic heterocycles. The maximum absolute atomic E-state index is 10.5. The Morgan fingerprint density at radius 1 is 1.20 bits per heavy atom. The second kappa shape index (κ2) is 5.64. The van der Waals surface area contributed by atoms with Crippen LogP contribution in [0.5, 0.6) is 0 Å². The van der Waals surface area contributed by atoms with Crippen molar-refractivity contribution in [3.8, 4) is 0 Å². The molecule has 2 heteroatoms. The maximum atomic E-state index is 10.5. The first-order valence-electron chi connectivity index (χ1n) is 5.84. The van der Waals surface area contributed by atoms with Crippen LogP contribution in [-0.2, 0) is 4.79 Å². The number of carbonyl (C=O) groups is 1. The zero-order valence-electron chi connectivity index (χ0n) is 11.2. The average Bonchev–Trinajstić information content (AvgIpc) is 2.02. The first-order valence-corrected chi connectivity index (χ1v) is 5.84.